The molecule has 0 aliphatic rings. The van der Waals surface area contributed by atoms with Gasteiger partial charge in [-0.05, 0) is 124 Å². The molecule has 0 saturated carbocycles. The van der Waals surface area contributed by atoms with Crippen molar-refractivity contribution in [1.29, 1.82) is 0 Å². The van der Waals surface area contributed by atoms with Crippen LogP contribution in [0.4, 0.5) is 4.79 Å². The molecule has 3 nitrogen and oxygen atoms in total. The first kappa shape index (κ1) is 20.2. The van der Waals surface area contributed by atoms with Gasteiger partial charge in [0.25, 0.3) is 0 Å². The van der Waals surface area contributed by atoms with Gasteiger partial charge in [-0.2, -0.15) is 0 Å². The number of carbonyl (C=O) groups excluding carboxylic acids is 1. The van der Waals surface area contributed by atoms with Crippen LogP contribution in [0.25, 0.3) is 5.57 Å². The Labute approximate surface area is 179 Å². The van der Waals surface area contributed by atoms with Crippen molar-refractivity contribution in [3.8, 4) is 5.75 Å². The summed E-state index contributed by atoms with van der Waals surface area (Å²) in [5.41, 5.74) is 1.51. The quantitative estimate of drug-likeness (QED) is 0.152. The average Bonchev–Trinajstić information content (AvgIpc) is 2.29. The zero-order valence-corrected chi connectivity index (χ0v) is 20.6. The van der Waals surface area contributed by atoms with Gasteiger partial charge in [0.1, 0.15) is 5.60 Å². The van der Waals surface area contributed by atoms with Gasteiger partial charge in [0, 0.05) is 12.7 Å². The Morgan fingerprint density at radius 2 is 1.43 bits per heavy atom. The highest BCUT2D eigenvalue weighted by Gasteiger charge is 2.24. The van der Waals surface area contributed by atoms with Crippen LogP contribution in [0.5, 0.6) is 5.75 Å². The van der Waals surface area contributed by atoms with E-state index >= 15 is 0 Å². The van der Waals surface area contributed by atoms with E-state index in [1.807, 2.05) is 27.7 Å². The fraction of sp³-hybridized carbons (Fsp3) is 0.357. The number of halogens is 4. The summed E-state index contributed by atoms with van der Waals surface area (Å²) >= 11 is 8.88. The Bertz CT molecular complexity index is 574. The number of hydrogen-bond donors (Lipinski definition) is 0. The van der Waals surface area contributed by atoms with Crippen LogP contribution in [-0.2, 0) is 4.74 Å². The van der Waals surface area contributed by atoms with Gasteiger partial charge in [-0.25, -0.2) is 4.79 Å². The molecule has 0 N–H and O–H groups in total. The molecule has 0 aliphatic carbocycles. The van der Waals surface area contributed by atoms with Crippen LogP contribution in [0.15, 0.2) is 6.58 Å². The Balaban J connectivity index is 3.27. The molecular formula is C14H14I4O3. The van der Waals surface area contributed by atoms with Crippen molar-refractivity contribution in [3.63, 3.8) is 0 Å². The molecule has 0 heterocycles. The van der Waals surface area contributed by atoms with E-state index in [1.54, 1.807) is 0 Å². The van der Waals surface area contributed by atoms with E-state index in [2.05, 4.69) is 96.9 Å². The van der Waals surface area contributed by atoms with Gasteiger partial charge in [-0.1, -0.05) is 6.58 Å². The van der Waals surface area contributed by atoms with Crippen LogP contribution < -0.4 is 4.74 Å². The summed E-state index contributed by atoms with van der Waals surface area (Å²) in [4.78, 5) is 11.9. The van der Waals surface area contributed by atoms with Crippen LogP contribution in [0, 0.1) is 14.3 Å². The topological polar surface area (TPSA) is 35.5 Å². The highest BCUT2D eigenvalue weighted by molar-refractivity contribution is 14.1. The summed E-state index contributed by atoms with van der Waals surface area (Å²) in [5.74, 6) is 0.546. The van der Waals surface area contributed by atoms with Crippen LogP contribution in [0.3, 0.4) is 0 Å². The highest BCUT2D eigenvalue weighted by Crippen LogP contribution is 2.40. The van der Waals surface area contributed by atoms with Gasteiger partial charge < -0.3 is 9.47 Å². The molecule has 0 bridgehead atoms. The molecule has 1 rings (SSSR count). The normalized spacial score (nSPS) is 11.2. The zero-order valence-electron chi connectivity index (χ0n) is 11.9. The molecule has 0 aromatic heterocycles. The molecule has 0 amide bonds. The van der Waals surface area contributed by atoms with Crippen molar-refractivity contribution in [2.75, 3.05) is 0 Å². The van der Waals surface area contributed by atoms with Gasteiger partial charge in [0.05, 0.1) is 7.14 Å². The molecule has 0 saturated heterocycles. The van der Waals surface area contributed by atoms with Crippen molar-refractivity contribution in [2.45, 2.75) is 33.3 Å². The minimum absolute atomic E-state index is 0.546. The number of hydrogen-bond acceptors (Lipinski definition) is 3. The smallest absolute Gasteiger partial charge is 0.428 e. The summed E-state index contributed by atoms with van der Waals surface area (Å²) in [5, 5.41) is 0. The fourth-order valence-electron chi connectivity index (χ4n) is 1.43. The van der Waals surface area contributed by atoms with E-state index < -0.39 is 11.8 Å². The Hall–Kier alpha value is 1.15. The molecule has 0 aliphatic heterocycles. The van der Waals surface area contributed by atoms with Crippen molar-refractivity contribution in [2.24, 2.45) is 0 Å². The van der Waals surface area contributed by atoms with Gasteiger partial charge in [0.2, 0.25) is 0 Å². The van der Waals surface area contributed by atoms with Crippen molar-refractivity contribution in [3.05, 3.63) is 26.4 Å². The lowest BCUT2D eigenvalue weighted by Gasteiger charge is -2.20. The largest absolute Gasteiger partial charge is 0.514 e. The summed E-state index contributed by atoms with van der Waals surface area (Å²) in [6.45, 7) is 11.4. The summed E-state index contributed by atoms with van der Waals surface area (Å²) in [6.07, 6.45) is -0.687. The third kappa shape index (κ3) is 5.33. The summed E-state index contributed by atoms with van der Waals surface area (Å²) in [6, 6.07) is 0. The minimum atomic E-state index is -0.687. The van der Waals surface area contributed by atoms with Gasteiger partial charge in [-0.3, -0.25) is 0 Å². The van der Waals surface area contributed by atoms with E-state index in [-0.39, 0.29) is 0 Å². The lowest BCUT2D eigenvalue weighted by Crippen LogP contribution is -2.26. The number of benzene rings is 1. The second-order valence-electron chi connectivity index (χ2n) is 5.31. The maximum Gasteiger partial charge on any atom is 0.514 e. The monoisotopic (exact) mass is 738 g/mol. The van der Waals surface area contributed by atoms with E-state index in [0.29, 0.717) is 5.75 Å². The number of ether oxygens (including phenoxy) is 2. The first-order chi connectivity index (χ1) is 9.45. The molecule has 0 radical (unpaired) electrons. The Morgan fingerprint density at radius 1 is 1.00 bits per heavy atom. The molecule has 0 fully saturated rings. The first-order valence-corrected chi connectivity index (χ1v) is 10.2. The highest BCUT2D eigenvalue weighted by atomic mass is 127. The van der Waals surface area contributed by atoms with E-state index in [0.717, 1.165) is 25.4 Å². The van der Waals surface area contributed by atoms with Gasteiger partial charge >= 0.3 is 6.16 Å². The Kier molecular flexibility index (Phi) is 7.51. The third-order valence-corrected chi connectivity index (χ3v) is 8.50. The molecule has 7 heteroatoms. The van der Waals surface area contributed by atoms with Crippen molar-refractivity contribution in [1.82, 2.24) is 0 Å². The van der Waals surface area contributed by atoms with E-state index in [9.17, 15) is 4.79 Å². The maximum atomic E-state index is 11.9. The SMILES string of the molecule is C=C(C)c1c(I)c(I)c(OC(=O)OC(C)(C)C)c(I)c1I. The number of carbonyl (C=O) groups is 1. The zero-order chi connectivity index (χ0) is 16.5. The molecule has 21 heavy (non-hydrogen) atoms. The second-order valence-corrected chi connectivity index (χ2v) is 9.62. The van der Waals surface area contributed by atoms with Crippen LogP contribution in [-0.4, -0.2) is 11.8 Å². The lowest BCUT2D eigenvalue weighted by molar-refractivity contribution is 0.0202. The molecule has 0 unspecified atom stereocenters. The molecule has 116 valence electrons. The van der Waals surface area contributed by atoms with Crippen molar-refractivity contribution >= 4 is 102 Å². The van der Waals surface area contributed by atoms with Gasteiger partial charge in [-0.15, -0.1) is 0 Å². The molecule has 0 atom stereocenters. The van der Waals surface area contributed by atoms with Crippen molar-refractivity contribution < 1.29 is 14.3 Å². The van der Waals surface area contributed by atoms with Crippen LogP contribution in [0.2, 0.25) is 0 Å². The molecule has 1 aromatic rings. The van der Waals surface area contributed by atoms with Gasteiger partial charge in [0.15, 0.2) is 5.75 Å². The molecular weight excluding hydrogens is 724 g/mol. The number of allylic oxidation sites excluding steroid dienone is 1. The molecule has 1 aromatic carbocycles. The van der Waals surface area contributed by atoms with E-state index in [4.69, 9.17) is 9.47 Å². The Morgan fingerprint density at radius 3 is 1.76 bits per heavy atom. The standard InChI is InChI=1S/C14H14I4O3/c1-6(2)7-8(15)10(17)12(11(18)9(7)16)20-13(19)21-14(3,4)5/h1H2,2-5H3. The van der Waals surface area contributed by atoms with Crippen LogP contribution in [0.1, 0.15) is 33.3 Å². The molecule has 0 spiro atoms. The van der Waals surface area contributed by atoms with E-state index in [1.165, 1.54) is 0 Å². The predicted octanol–water partition coefficient (Wildman–Crippen LogP) is 6.45. The third-order valence-electron chi connectivity index (χ3n) is 2.22. The minimum Gasteiger partial charge on any atom is -0.428 e. The second kappa shape index (κ2) is 7.81. The maximum absolute atomic E-state index is 11.9. The lowest BCUT2D eigenvalue weighted by atomic mass is 10.1. The fourth-order valence-corrected chi connectivity index (χ4v) is 5.71. The predicted molar refractivity (Wildman–Crippen MR) is 119 cm³/mol. The first-order valence-electron chi connectivity index (χ1n) is 5.88. The van der Waals surface area contributed by atoms with Crippen LogP contribution >= 0.6 is 90.4 Å². The number of rotatable bonds is 2. The summed E-state index contributed by atoms with van der Waals surface area (Å²) < 4.78 is 14.5. The average molecular weight is 738 g/mol. The summed E-state index contributed by atoms with van der Waals surface area (Å²) in [7, 11) is 0.